The summed E-state index contributed by atoms with van der Waals surface area (Å²) >= 11 is 1.08. The first kappa shape index (κ1) is 22.3. The smallest absolute Gasteiger partial charge is 0.319 e. The number of carbonyl (C=O) groups is 3. The molecule has 31 heavy (non-hydrogen) atoms. The second kappa shape index (κ2) is 10.6. The molecule has 0 radical (unpaired) electrons. The van der Waals surface area contributed by atoms with E-state index in [1.54, 1.807) is 13.0 Å². The molecule has 0 fully saturated rings. The standard InChI is InChI=1S/C23H21FN2O4S/c1-15(31-14-22(28)25-19-10-7-18(24)8-11-19)23(29)30-13-21(27)26-20-9-6-16-4-2-3-5-17(16)12-20/h2-12,15H,13-14H2,1H3,(H,25,28)(H,26,27)/t15-/m1/s1. The van der Waals surface area contributed by atoms with Gasteiger partial charge in [-0.3, -0.25) is 14.4 Å². The number of rotatable bonds is 8. The van der Waals surface area contributed by atoms with Crippen molar-refractivity contribution in [3.63, 3.8) is 0 Å². The van der Waals surface area contributed by atoms with Gasteiger partial charge in [0.05, 0.1) is 5.75 Å². The Morgan fingerprint density at radius 1 is 0.903 bits per heavy atom. The number of nitrogens with one attached hydrogen (secondary N) is 2. The number of amides is 2. The normalized spacial score (nSPS) is 11.5. The maximum absolute atomic E-state index is 12.9. The number of anilines is 2. The van der Waals surface area contributed by atoms with Crippen LogP contribution in [-0.4, -0.2) is 35.4 Å². The van der Waals surface area contributed by atoms with E-state index in [2.05, 4.69) is 10.6 Å². The molecule has 0 heterocycles. The quantitative estimate of drug-likeness (QED) is 0.513. The van der Waals surface area contributed by atoms with Crippen LogP contribution in [0.25, 0.3) is 10.8 Å². The Balaban J connectivity index is 1.40. The van der Waals surface area contributed by atoms with Crippen molar-refractivity contribution < 1.29 is 23.5 Å². The highest BCUT2D eigenvalue weighted by molar-refractivity contribution is 8.01. The average molecular weight is 440 g/mol. The predicted octanol–water partition coefficient (Wildman–Crippen LogP) is 4.22. The van der Waals surface area contributed by atoms with Gasteiger partial charge in [0.25, 0.3) is 5.91 Å². The lowest BCUT2D eigenvalue weighted by molar-refractivity contribution is -0.146. The third-order valence-electron chi connectivity index (χ3n) is 4.30. The van der Waals surface area contributed by atoms with Crippen LogP contribution >= 0.6 is 11.8 Å². The Morgan fingerprint density at radius 2 is 1.55 bits per heavy atom. The first-order valence-electron chi connectivity index (χ1n) is 9.53. The fraction of sp³-hybridized carbons (Fsp3) is 0.174. The summed E-state index contributed by atoms with van der Waals surface area (Å²) < 4.78 is 17.9. The Morgan fingerprint density at radius 3 is 2.29 bits per heavy atom. The van der Waals surface area contributed by atoms with Gasteiger partial charge in [-0.15, -0.1) is 11.8 Å². The first-order valence-corrected chi connectivity index (χ1v) is 10.6. The van der Waals surface area contributed by atoms with Crippen LogP contribution in [-0.2, 0) is 19.1 Å². The third kappa shape index (κ3) is 6.82. The van der Waals surface area contributed by atoms with Crippen LogP contribution in [0.2, 0.25) is 0 Å². The number of thioether (sulfide) groups is 1. The van der Waals surface area contributed by atoms with Crippen LogP contribution in [0, 0.1) is 5.82 Å². The highest BCUT2D eigenvalue weighted by Crippen LogP contribution is 2.19. The van der Waals surface area contributed by atoms with Crippen LogP contribution in [0.4, 0.5) is 15.8 Å². The second-order valence-electron chi connectivity index (χ2n) is 6.73. The van der Waals surface area contributed by atoms with Crippen molar-refractivity contribution >= 4 is 51.7 Å². The molecular weight excluding hydrogens is 419 g/mol. The molecule has 3 rings (SSSR count). The number of hydrogen-bond donors (Lipinski definition) is 2. The molecule has 3 aromatic carbocycles. The van der Waals surface area contributed by atoms with E-state index in [1.807, 2.05) is 36.4 Å². The number of carbonyl (C=O) groups excluding carboxylic acids is 3. The van der Waals surface area contributed by atoms with Crippen LogP contribution in [0.3, 0.4) is 0 Å². The van der Waals surface area contributed by atoms with Crippen molar-refractivity contribution in [1.29, 1.82) is 0 Å². The van der Waals surface area contributed by atoms with E-state index in [-0.39, 0.29) is 11.7 Å². The summed E-state index contributed by atoms with van der Waals surface area (Å²) in [6.45, 7) is 1.18. The fourth-order valence-electron chi connectivity index (χ4n) is 2.72. The predicted molar refractivity (Wildman–Crippen MR) is 120 cm³/mol. The minimum atomic E-state index is -0.632. The van der Waals surface area contributed by atoms with Gasteiger partial charge in [-0.1, -0.05) is 30.3 Å². The highest BCUT2D eigenvalue weighted by Gasteiger charge is 2.18. The summed E-state index contributed by atoms with van der Waals surface area (Å²) in [6, 6.07) is 18.7. The van der Waals surface area contributed by atoms with Crippen molar-refractivity contribution in [1.82, 2.24) is 0 Å². The zero-order valence-corrected chi connectivity index (χ0v) is 17.6. The lowest BCUT2D eigenvalue weighted by Crippen LogP contribution is -2.26. The summed E-state index contributed by atoms with van der Waals surface area (Å²) in [5.41, 5.74) is 1.08. The van der Waals surface area contributed by atoms with E-state index in [4.69, 9.17) is 4.74 Å². The number of fused-ring (bicyclic) bond motifs is 1. The molecule has 0 bridgehead atoms. The summed E-state index contributed by atoms with van der Waals surface area (Å²) in [5.74, 6) is -1.75. The molecule has 0 saturated heterocycles. The molecule has 6 nitrogen and oxygen atoms in total. The summed E-state index contributed by atoms with van der Waals surface area (Å²) in [6.07, 6.45) is 0. The zero-order chi connectivity index (χ0) is 22.2. The molecule has 0 aromatic heterocycles. The molecule has 160 valence electrons. The Labute approximate surface area is 183 Å². The zero-order valence-electron chi connectivity index (χ0n) is 16.8. The van der Waals surface area contributed by atoms with Crippen LogP contribution in [0.1, 0.15) is 6.92 Å². The minimum absolute atomic E-state index is 0.0108. The van der Waals surface area contributed by atoms with Crippen LogP contribution in [0.5, 0.6) is 0 Å². The number of hydrogen-bond acceptors (Lipinski definition) is 5. The maximum Gasteiger partial charge on any atom is 0.319 e. The van der Waals surface area contributed by atoms with Crippen LogP contribution < -0.4 is 10.6 Å². The average Bonchev–Trinajstić information content (AvgIpc) is 2.77. The van der Waals surface area contributed by atoms with Gasteiger partial charge >= 0.3 is 5.97 Å². The van der Waals surface area contributed by atoms with Gasteiger partial charge in [-0.2, -0.15) is 0 Å². The van der Waals surface area contributed by atoms with Crippen molar-refractivity contribution in [2.75, 3.05) is 23.0 Å². The van der Waals surface area contributed by atoms with Crippen molar-refractivity contribution in [3.05, 3.63) is 72.5 Å². The van der Waals surface area contributed by atoms with Gasteiger partial charge < -0.3 is 15.4 Å². The molecule has 1 atom stereocenters. The second-order valence-corrected chi connectivity index (χ2v) is 8.06. The number of benzene rings is 3. The van der Waals surface area contributed by atoms with E-state index < -0.39 is 29.6 Å². The number of esters is 1. The molecular formula is C23H21FN2O4S. The summed E-state index contributed by atoms with van der Waals surface area (Å²) in [4.78, 5) is 36.1. The van der Waals surface area contributed by atoms with Gasteiger partial charge in [0.2, 0.25) is 5.91 Å². The lowest BCUT2D eigenvalue weighted by atomic mass is 10.1. The van der Waals surface area contributed by atoms with Crippen LogP contribution in [0.15, 0.2) is 66.7 Å². The summed E-state index contributed by atoms with van der Waals surface area (Å²) in [7, 11) is 0. The molecule has 0 spiro atoms. The molecule has 0 aliphatic heterocycles. The summed E-state index contributed by atoms with van der Waals surface area (Å²) in [5, 5.41) is 6.72. The number of halogens is 1. The van der Waals surface area contributed by atoms with E-state index >= 15 is 0 Å². The number of ether oxygens (including phenoxy) is 1. The fourth-order valence-corrected chi connectivity index (χ4v) is 3.39. The van der Waals surface area contributed by atoms with Crippen molar-refractivity contribution in [2.45, 2.75) is 12.2 Å². The molecule has 2 N–H and O–H groups in total. The van der Waals surface area contributed by atoms with Crippen molar-refractivity contribution in [2.24, 2.45) is 0 Å². The monoisotopic (exact) mass is 440 g/mol. The Bertz CT molecular complexity index is 1090. The van der Waals surface area contributed by atoms with Gasteiger partial charge in [0, 0.05) is 11.4 Å². The van der Waals surface area contributed by atoms with E-state index in [0.29, 0.717) is 11.4 Å². The maximum atomic E-state index is 12.9. The van der Waals surface area contributed by atoms with Gasteiger partial charge in [-0.05, 0) is 54.1 Å². The molecule has 0 unspecified atom stereocenters. The van der Waals surface area contributed by atoms with E-state index in [9.17, 15) is 18.8 Å². The molecule has 0 saturated carbocycles. The van der Waals surface area contributed by atoms with E-state index in [0.717, 1.165) is 22.5 Å². The SMILES string of the molecule is C[C@@H](SCC(=O)Nc1ccc(F)cc1)C(=O)OCC(=O)Nc1ccc2ccccc2c1. The largest absolute Gasteiger partial charge is 0.455 e. The van der Waals surface area contributed by atoms with E-state index in [1.165, 1.54) is 24.3 Å². The highest BCUT2D eigenvalue weighted by atomic mass is 32.2. The molecule has 0 aliphatic carbocycles. The minimum Gasteiger partial charge on any atom is -0.455 e. The molecule has 2 amide bonds. The van der Waals surface area contributed by atoms with Gasteiger partial charge in [0.15, 0.2) is 6.61 Å². The Kier molecular flexibility index (Phi) is 7.61. The molecule has 0 aliphatic rings. The van der Waals surface area contributed by atoms with Crippen molar-refractivity contribution in [3.8, 4) is 0 Å². The lowest BCUT2D eigenvalue weighted by Gasteiger charge is -2.12. The van der Waals surface area contributed by atoms with Gasteiger partial charge in [-0.25, -0.2) is 4.39 Å². The molecule has 3 aromatic rings. The third-order valence-corrected chi connectivity index (χ3v) is 5.42. The Hall–Kier alpha value is -3.39. The first-order chi connectivity index (χ1) is 14.9. The van der Waals surface area contributed by atoms with Gasteiger partial charge in [0.1, 0.15) is 11.1 Å². The topological polar surface area (TPSA) is 84.5 Å². The molecule has 8 heteroatoms.